The molecule has 2 heteroatoms. The van der Waals surface area contributed by atoms with Crippen molar-refractivity contribution in [3.8, 4) is 5.75 Å². The minimum absolute atomic E-state index is 0.290. The van der Waals surface area contributed by atoms with Gasteiger partial charge in [0.25, 0.3) is 0 Å². The summed E-state index contributed by atoms with van der Waals surface area (Å²) in [7, 11) is 0. The minimum atomic E-state index is -0.290. The fourth-order valence-electron chi connectivity index (χ4n) is 2.05. The van der Waals surface area contributed by atoms with E-state index in [1.165, 1.54) is 29.2 Å². The van der Waals surface area contributed by atoms with Crippen LogP contribution >= 0.6 is 0 Å². The van der Waals surface area contributed by atoms with Crippen molar-refractivity contribution >= 4 is 5.97 Å². The Kier molecular flexibility index (Phi) is 4.00. The number of rotatable bonds is 3. The zero-order chi connectivity index (χ0) is 13.8. The van der Waals surface area contributed by atoms with Crippen molar-refractivity contribution in [3.63, 3.8) is 0 Å². The van der Waals surface area contributed by atoms with Crippen LogP contribution < -0.4 is 4.74 Å². The molecule has 0 radical (unpaired) electrons. The molecule has 2 rings (SSSR count). The van der Waals surface area contributed by atoms with Gasteiger partial charge in [-0.1, -0.05) is 35.9 Å². The molecule has 0 bridgehead atoms. The first kappa shape index (κ1) is 13.3. The highest BCUT2D eigenvalue weighted by Gasteiger charge is 2.02. The summed E-state index contributed by atoms with van der Waals surface area (Å²) in [4.78, 5) is 10.8. The second-order valence-electron chi connectivity index (χ2n) is 4.84. The molecule has 0 heterocycles. The maximum Gasteiger partial charge on any atom is 0.308 e. The number of benzene rings is 2. The Morgan fingerprint density at radius 2 is 1.74 bits per heavy atom. The molecular weight excluding hydrogens is 236 g/mol. The summed E-state index contributed by atoms with van der Waals surface area (Å²) < 4.78 is 5.02. The summed E-state index contributed by atoms with van der Waals surface area (Å²) in [5, 5.41) is 0. The number of carbonyl (C=O) groups excluding carboxylic acids is 1. The van der Waals surface area contributed by atoms with E-state index in [0.29, 0.717) is 5.75 Å². The van der Waals surface area contributed by atoms with E-state index < -0.39 is 0 Å². The Morgan fingerprint density at radius 3 is 2.37 bits per heavy atom. The summed E-state index contributed by atoms with van der Waals surface area (Å²) in [5.41, 5.74) is 5.12. The molecule has 2 aromatic carbocycles. The third kappa shape index (κ3) is 3.68. The van der Waals surface area contributed by atoms with Crippen LogP contribution in [0.1, 0.15) is 29.2 Å². The van der Waals surface area contributed by atoms with Gasteiger partial charge in [0, 0.05) is 6.92 Å². The fraction of sp³-hybridized carbons (Fsp3) is 0.235. The monoisotopic (exact) mass is 254 g/mol. The van der Waals surface area contributed by atoms with Crippen LogP contribution in [-0.4, -0.2) is 5.97 Å². The maximum atomic E-state index is 10.8. The molecule has 19 heavy (non-hydrogen) atoms. The molecule has 0 aliphatic carbocycles. The summed E-state index contributed by atoms with van der Waals surface area (Å²) in [6, 6.07) is 14.2. The Morgan fingerprint density at radius 1 is 1.05 bits per heavy atom. The van der Waals surface area contributed by atoms with Crippen LogP contribution in [0.2, 0.25) is 0 Å². The van der Waals surface area contributed by atoms with E-state index in [1.54, 1.807) is 0 Å². The van der Waals surface area contributed by atoms with Gasteiger partial charge in [0.05, 0.1) is 0 Å². The van der Waals surface area contributed by atoms with Gasteiger partial charge in [-0.15, -0.1) is 0 Å². The Hall–Kier alpha value is -2.09. The van der Waals surface area contributed by atoms with E-state index in [2.05, 4.69) is 32.0 Å². The topological polar surface area (TPSA) is 26.3 Å². The van der Waals surface area contributed by atoms with Crippen LogP contribution in [0.25, 0.3) is 0 Å². The first-order chi connectivity index (χ1) is 9.04. The first-order valence-corrected chi connectivity index (χ1v) is 6.38. The summed E-state index contributed by atoms with van der Waals surface area (Å²) >= 11 is 0. The van der Waals surface area contributed by atoms with Crippen LogP contribution in [0.15, 0.2) is 42.5 Å². The summed E-state index contributed by atoms with van der Waals surface area (Å²) in [6.45, 7) is 5.64. The average Bonchev–Trinajstić information content (AvgIpc) is 2.35. The Balaban J connectivity index is 2.15. The third-order valence-electron chi connectivity index (χ3n) is 3.08. The smallest absolute Gasteiger partial charge is 0.308 e. The second-order valence-corrected chi connectivity index (χ2v) is 4.84. The van der Waals surface area contributed by atoms with Crippen LogP contribution in [0, 0.1) is 13.8 Å². The lowest BCUT2D eigenvalue weighted by Crippen LogP contribution is -2.01. The molecule has 0 aromatic heterocycles. The van der Waals surface area contributed by atoms with E-state index in [0.717, 1.165) is 6.42 Å². The number of ether oxygens (including phenoxy) is 1. The van der Waals surface area contributed by atoms with E-state index in [4.69, 9.17) is 4.74 Å². The van der Waals surface area contributed by atoms with Gasteiger partial charge in [0.2, 0.25) is 0 Å². The number of hydrogen-bond donors (Lipinski definition) is 0. The quantitative estimate of drug-likeness (QED) is 0.615. The molecular formula is C17H18O2. The predicted molar refractivity (Wildman–Crippen MR) is 76.5 cm³/mol. The largest absolute Gasteiger partial charge is 0.427 e. The van der Waals surface area contributed by atoms with Crippen LogP contribution in [0.3, 0.4) is 0 Å². The molecule has 0 aliphatic rings. The predicted octanol–water partition coefficient (Wildman–Crippen LogP) is 3.82. The molecule has 0 spiro atoms. The van der Waals surface area contributed by atoms with Gasteiger partial charge in [-0.3, -0.25) is 4.79 Å². The molecule has 2 aromatic rings. The van der Waals surface area contributed by atoms with Gasteiger partial charge in [-0.2, -0.15) is 0 Å². The Bertz CT molecular complexity index is 583. The molecule has 0 atom stereocenters. The van der Waals surface area contributed by atoms with Crippen molar-refractivity contribution < 1.29 is 9.53 Å². The fourth-order valence-corrected chi connectivity index (χ4v) is 2.05. The number of esters is 1. The van der Waals surface area contributed by atoms with Crippen molar-refractivity contribution in [1.82, 2.24) is 0 Å². The van der Waals surface area contributed by atoms with E-state index >= 15 is 0 Å². The lowest BCUT2D eigenvalue weighted by molar-refractivity contribution is -0.131. The van der Waals surface area contributed by atoms with Crippen molar-refractivity contribution in [2.24, 2.45) is 0 Å². The lowest BCUT2D eigenvalue weighted by Gasteiger charge is -2.08. The lowest BCUT2D eigenvalue weighted by atomic mass is 9.99. The molecule has 98 valence electrons. The second kappa shape index (κ2) is 5.70. The highest BCUT2D eigenvalue weighted by molar-refractivity contribution is 5.69. The molecule has 0 unspecified atom stereocenters. The number of carbonyl (C=O) groups is 1. The molecule has 0 fully saturated rings. The normalized spacial score (nSPS) is 10.3. The number of hydrogen-bond acceptors (Lipinski definition) is 2. The molecule has 0 saturated carbocycles. The highest BCUT2D eigenvalue weighted by atomic mass is 16.5. The molecule has 0 aliphatic heterocycles. The van der Waals surface area contributed by atoms with Gasteiger partial charge in [0.15, 0.2) is 0 Å². The maximum absolute atomic E-state index is 10.8. The zero-order valence-corrected chi connectivity index (χ0v) is 11.6. The summed E-state index contributed by atoms with van der Waals surface area (Å²) in [5.74, 6) is 0.305. The van der Waals surface area contributed by atoms with Crippen molar-refractivity contribution in [2.75, 3.05) is 0 Å². The van der Waals surface area contributed by atoms with Gasteiger partial charge >= 0.3 is 5.97 Å². The molecule has 0 amide bonds. The first-order valence-electron chi connectivity index (χ1n) is 6.38. The highest BCUT2D eigenvalue weighted by Crippen LogP contribution is 2.18. The molecule has 0 saturated heterocycles. The van der Waals surface area contributed by atoms with Crippen molar-refractivity contribution in [1.29, 1.82) is 0 Å². The average molecular weight is 254 g/mol. The van der Waals surface area contributed by atoms with Crippen molar-refractivity contribution in [2.45, 2.75) is 27.2 Å². The van der Waals surface area contributed by atoms with E-state index in [1.807, 2.05) is 24.3 Å². The van der Waals surface area contributed by atoms with Gasteiger partial charge in [-0.25, -0.2) is 0 Å². The van der Waals surface area contributed by atoms with Crippen LogP contribution in [0.4, 0.5) is 0 Å². The van der Waals surface area contributed by atoms with Crippen LogP contribution in [-0.2, 0) is 11.2 Å². The molecule has 0 N–H and O–H groups in total. The standard InChI is InChI=1S/C17H18O2/c1-12-4-5-13(2)16(10-12)11-15-6-8-17(9-7-15)19-14(3)18/h4-10H,11H2,1-3H3. The minimum Gasteiger partial charge on any atom is -0.427 e. The van der Waals surface area contributed by atoms with E-state index in [9.17, 15) is 4.79 Å². The third-order valence-corrected chi connectivity index (χ3v) is 3.08. The Labute approximate surface area is 114 Å². The summed E-state index contributed by atoms with van der Waals surface area (Å²) in [6.07, 6.45) is 0.897. The van der Waals surface area contributed by atoms with Crippen LogP contribution in [0.5, 0.6) is 5.75 Å². The number of aryl methyl sites for hydroxylation is 2. The van der Waals surface area contributed by atoms with Gasteiger partial charge < -0.3 is 4.74 Å². The zero-order valence-electron chi connectivity index (χ0n) is 11.6. The van der Waals surface area contributed by atoms with E-state index in [-0.39, 0.29) is 5.97 Å². The van der Waals surface area contributed by atoms with Gasteiger partial charge in [0.1, 0.15) is 5.75 Å². The molecule has 2 nitrogen and oxygen atoms in total. The van der Waals surface area contributed by atoms with Gasteiger partial charge in [-0.05, 0) is 49.1 Å². The SMILES string of the molecule is CC(=O)Oc1ccc(Cc2cc(C)ccc2C)cc1. The van der Waals surface area contributed by atoms with Crippen molar-refractivity contribution in [3.05, 3.63) is 64.7 Å².